The van der Waals surface area contributed by atoms with Crippen molar-refractivity contribution in [2.45, 2.75) is 110 Å². The summed E-state index contributed by atoms with van der Waals surface area (Å²) in [5, 5.41) is 0. The third-order valence-corrected chi connectivity index (χ3v) is 4.78. The molecule has 0 bridgehead atoms. The second-order valence-electron chi connectivity index (χ2n) is 6.63. The predicted molar refractivity (Wildman–Crippen MR) is 103 cm³/mol. The van der Waals surface area contributed by atoms with Gasteiger partial charge in [0.1, 0.15) is 0 Å². The molecule has 0 unspecified atom stereocenters. The zero-order valence-electron chi connectivity index (χ0n) is 15.9. The van der Waals surface area contributed by atoms with Crippen LogP contribution >= 0.6 is 7.82 Å². The normalized spacial score (nSPS) is 11.5. The van der Waals surface area contributed by atoms with Crippen molar-refractivity contribution in [2.75, 3.05) is 6.61 Å². The van der Waals surface area contributed by atoms with Crippen molar-refractivity contribution in [1.82, 2.24) is 6.15 Å². The Morgan fingerprint density at radius 1 is 0.625 bits per heavy atom. The molecule has 0 heterocycles. The lowest BCUT2D eigenvalue weighted by atomic mass is 10.0. The zero-order valence-corrected chi connectivity index (χ0v) is 16.8. The fourth-order valence-electron chi connectivity index (χ4n) is 2.83. The van der Waals surface area contributed by atoms with Gasteiger partial charge in [-0.1, -0.05) is 103 Å². The van der Waals surface area contributed by atoms with Gasteiger partial charge < -0.3 is 15.9 Å². The maximum Gasteiger partial charge on any atom is 0.469 e. The standard InChI is InChI=1S/C18H39O4P.H3N/c1-2-3-4-5-6-7-8-9-10-11-12-13-14-15-16-17-18-22-23(19,20)21;/h2-18H2,1H3,(H2,19,20,21);1H3. The second-order valence-corrected chi connectivity index (χ2v) is 7.87. The lowest BCUT2D eigenvalue weighted by molar-refractivity contribution is 0.193. The lowest BCUT2D eigenvalue weighted by Gasteiger charge is -2.05. The Hall–Kier alpha value is 0.0700. The van der Waals surface area contributed by atoms with Gasteiger partial charge >= 0.3 is 7.82 Å². The average Bonchev–Trinajstić information content (AvgIpc) is 2.49. The molecular weight excluding hydrogens is 325 g/mol. The molecule has 0 amide bonds. The van der Waals surface area contributed by atoms with E-state index in [1.54, 1.807) is 0 Å². The smallest absolute Gasteiger partial charge is 0.344 e. The third kappa shape index (κ3) is 24.3. The number of phosphoric acid groups is 1. The van der Waals surface area contributed by atoms with E-state index in [-0.39, 0.29) is 12.8 Å². The molecule has 0 fully saturated rings. The summed E-state index contributed by atoms with van der Waals surface area (Å²) in [7, 11) is -4.26. The molecule has 0 saturated carbocycles. The maximum absolute atomic E-state index is 10.5. The van der Waals surface area contributed by atoms with E-state index >= 15 is 0 Å². The molecule has 0 aromatic rings. The molecule has 148 valence electrons. The van der Waals surface area contributed by atoms with Crippen molar-refractivity contribution in [3.05, 3.63) is 0 Å². The fraction of sp³-hybridized carbons (Fsp3) is 1.00. The van der Waals surface area contributed by atoms with Gasteiger partial charge in [0.05, 0.1) is 6.61 Å². The van der Waals surface area contributed by atoms with Gasteiger partial charge in [0, 0.05) is 0 Å². The first kappa shape index (κ1) is 26.3. The Bertz CT molecular complexity index is 284. The minimum Gasteiger partial charge on any atom is -0.344 e. The van der Waals surface area contributed by atoms with Crippen molar-refractivity contribution in [2.24, 2.45) is 0 Å². The lowest BCUT2D eigenvalue weighted by Crippen LogP contribution is -1.92. The first-order chi connectivity index (χ1) is 11.1. The minimum absolute atomic E-state index is 0. The molecular formula is C18H42NO4P. The monoisotopic (exact) mass is 367 g/mol. The summed E-state index contributed by atoms with van der Waals surface area (Å²) in [5.74, 6) is 0. The van der Waals surface area contributed by atoms with Crippen LogP contribution in [0, 0.1) is 0 Å². The highest BCUT2D eigenvalue weighted by molar-refractivity contribution is 7.46. The molecule has 0 aliphatic heterocycles. The van der Waals surface area contributed by atoms with Gasteiger partial charge in [-0.15, -0.1) is 0 Å². The summed E-state index contributed by atoms with van der Waals surface area (Å²) in [4.78, 5) is 17.1. The Balaban J connectivity index is 0. The number of unbranched alkanes of at least 4 members (excludes halogenated alkanes) is 15. The van der Waals surface area contributed by atoms with Crippen molar-refractivity contribution < 1.29 is 18.9 Å². The van der Waals surface area contributed by atoms with Gasteiger partial charge in [0.2, 0.25) is 0 Å². The quantitative estimate of drug-likeness (QED) is 0.189. The average molecular weight is 368 g/mol. The highest BCUT2D eigenvalue weighted by Crippen LogP contribution is 2.35. The van der Waals surface area contributed by atoms with Crippen LogP contribution in [0.2, 0.25) is 0 Å². The summed E-state index contributed by atoms with van der Waals surface area (Å²) < 4.78 is 14.9. The first-order valence-electron chi connectivity index (χ1n) is 9.76. The molecule has 0 aliphatic rings. The van der Waals surface area contributed by atoms with Crippen LogP contribution in [0.4, 0.5) is 0 Å². The van der Waals surface area contributed by atoms with Crippen LogP contribution in [0.25, 0.3) is 0 Å². The van der Waals surface area contributed by atoms with Gasteiger partial charge in [-0.05, 0) is 6.42 Å². The van der Waals surface area contributed by atoms with Crippen LogP contribution in [0.1, 0.15) is 110 Å². The maximum atomic E-state index is 10.5. The molecule has 5 N–H and O–H groups in total. The topological polar surface area (TPSA) is 102 Å². The summed E-state index contributed by atoms with van der Waals surface area (Å²) in [6.07, 6.45) is 20.7. The number of hydrogen-bond donors (Lipinski definition) is 3. The summed E-state index contributed by atoms with van der Waals surface area (Å²) in [6.45, 7) is 2.43. The SMILES string of the molecule is CCCCCCCCCCCCCCCCCCOP(=O)(O)O.N. The second kappa shape index (κ2) is 19.4. The van der Waals surface area contributed by atoms with Crippen LogP contribution in [0.15, 0.2) is 0 Å². The van der Waals surface area contributed by atoms with E-state index in [9.17, 15) is 4.57 Å². The van der Waals surface area contributed by atoms with Gasteiger partial charge in [-0.2, -0.15) is 0 Å². The Morgan fingerprint density at radius 3 is 1.21 bits per heavy atom. The van der Waals surface area contributed by atoms with Crippen molar-refractivity contribution >= 4 is 7.82 Å². The van der Waals surface area contributed by atoms with Crippen molar-refractivity contribution in [3.8, 4) is 0 Å². The van der Waals surface area contributed by atoms with E-state index in [1.807, 2.05) is 0 Å². The van der Waals surface area contributed by atoms with Crippen LogP contribution in [-0.4, -0.2) is 16.4 Å². The fourth-order valence-corrected chi connectivity index (χ4v) is 3.20. The Morgan fingerprint density at radius 2 is 0.917 bits per heavy atom. The van der Waals surface area contributed by atoms with Crippen LogP contribution in [0.3, 0.4) is 0 Å². The van der Waals surface area contributed by atoms with E-state index in [4.69, 9.17) is 9.79 Å². The molecule has 0 rings (SSSR count). The summed E-state index contributed by atoms with van der Waals surface area (Å²) in [6, 6.07) is 0. The van der Waals surface area contributed by atoms with E-state index in [0.717, 1.165) is 19.3 Å². The third-order valence-electron chi connectivity index (χ3n) is 4.26. The molecule has 0 spiro atoms. The molecule has 0 saturated heterocycles. The molecule has 0 atom stereocenters. The van der Waals surface area contributed by atoms with E-state index in [2.05, 4.69) is 11.4 Å². The largest absolute Gasteiger partial charge is 0.469 e. The predicted octanol–water partition coefficient (Wildman–Crippen LogP) is 6.52. The molecule has 0 aromatic carbocycles. The Labute approximate surface area is 149 Å². The number of hydrogen-bond acceptors (Lipinski definition) is 3. The van der Waals surface area contributed by atoms with Crippen molar-refractivity contribution in [1.29, 1.82) is 0 Å². The zero-order chi connectivity index (χ0) is 17.2. The molecule has 0 aliphatic carbocycles. The van der Waals surface area contributed by atoms with Crippen molar-refractivity contribution in [3.63, 3.8) is 0 Å². The van der Waals surface area contributed by atoms with E-state index in [0.29, 0.717) is 0 Å². The molecule has 5 nitrogen and oxygen atoms in total. The van der Waals surface area contributed by atoms with Crippen LogP contribution < -0.4 is 6.15 Å². The molecule has 6 heteroatoms. The highest BCUT2D eigenvalue weighted by Gasteiger charge is 2.12. The number of rotatable bonds is 18. The van der Waals surface area contributed by atoms with Crippen LogP contribution in [0.5, 0.6) is 0 Å². The summed E-state index contributed by atoms with van der Waals surface area (Å²) in [5.41, 5.74) is 0. The summed E-state index contributed by atoms with van der Waals surface area (Å²) >= 11 is 0. The van der Waals surface area contributed by atoms with E-state index < -0.39 is 7.82 Å². The molecule has 0 radical (unpaired) electrons. The highest BCUT2D eigenvalue weighted by atomic mass is 31.2. The van der Waals surface area contributed by atoms with Gasteiger partial charge in [0.15, 0.2) is 0 Å². The molecule has 24 heavy (non-hydrogen) atoms. The van der Waals surface area contributed by atoms with Gasteiger partial charge in [-0.25, -0.2) is 4.57 Å². The molecule has 0 aromatic heterocycles. The van der Waals surface area contributed by atoms with Crippen LogP contribution in [-0.2, 0) is 9.09 Å². The van der Waals surface area contributed by atoms with Gasteiger partial charge in [0.25, 0.3) is 0 Å². The van der Waals surface area contributed by atoms with E-state index in [1.165, 1.54) is 83.5 Å². The first-order valence-corrected chi connectivity index (χ1v) is 11.3. The number of phosphoric ester groups is 1. The Kier molecular flexibility index (Phi) is 21.3. The van der Waals surface area contributed by atoms with Gasteiger partial charge in [-0.3, -0.25) is 4.52 Å². The minimum atomic E-state index is -4.26.